The van der Waals surface area contributed by atoms with E-state index in [0.29, 0.717) is 19.7 Å². The average molecular weight is 266 g/mol. The summed E-state index contributed by atoms with van der Waals surface area (Å²) in [6.45, 7) is 1.07. The largest absolute Gasteiger partial charge is 0.361 e. The molecule has 1 atom stereocenters. The number of rotatable bonds is 3. The van der Waals surface area contributed by atoms with E-state index in [4.69, 9.17) is 10.00 Å². The molecule has 0 radical (unpaired) electrons. The molecular weight excluding hydrogens is 254 g/mol. The molecule has 100 valence electrons. The van der Waals surface area contributed by atoms with E-state index in [1.807, 2.05) is 6.07 Å². The topological polar surface area (TPSA) is 53.3 Å². The maximum atomic E-state index is 13.4. The monoisotopic (exact) mass is 266 g/mol. The third kappa shape index (κ3) is 3.34. The Bertz CT molecular complexity index is 528. The van der Waals surface area contributed by atoms with Gasteiger partial charge in [0.15, 0.2) is 11.9 Å². The molecule has 0 aromatic heterocycles. The first-order chi connectivity index (χ1) is 9.10. The summed E-state index contributed by atoms with van der Waals surface area (Å²) in [7, 11) is 0. The molecule has 1 heterocycles. The molecule has 0 saturated carbocycles. The predicted octanol–water partition coefficient (Wildman–Crippen LogP) is 1.37. The van der Waals surface area contributed by atoms with E-state index < -0.39 is 23.5 Å². The second-order valence-electron chi connectivity index (χ2n) is 4.27. The standard InChI is InChI=1S/C13H12F2N2O2/c14-9-1-2-12(15)11(5-9)13(18)8-17-3-4-19-10(6-16)7-17/h1-2,5,10H,3-4,7-8H2. The van der Waals surface area contributed by atoms with Crippen LogP contribution in [0.2, 0.25) is 0 Å². The molecule has 6 heteroatoms. The van der Waals surface area contributed by atoms with Crippen LogP contribution in [0.4, 0.5) is 8.78 Å². The van der Waals surface area contributed by atoms with Crippen LogP contribution in [0.1, 0.15) is 10.4 Å². The zero-order valence-corrected chi connectivity index (χ0v) is 10.1. The van der Waals surface area contributed by atoms with Crippen molar-refractivity contribution in [2.45, 2.75) is 6.10 Å². The number of hydrogen-bond donors (Lipinski definition) is 0. The van der Waals surface area contributed by atoms with Crippen molar-refractivity contribution in [3.05, 3.63) is 35.4 Å². The summed E-state index contributed by atoms with van der Waals surface area (Å²) >= 11 is 0. The number of nitrogens with zero attached hydrogens (tertiary/aromatic N) is 2. The normalized spacial score (nSPS) is 19.9. The molecule has 19 heavy (non-hydrogen) atoms. The Kier molecular flexibility index (Phi) is 4.20. The Morgan fingerprint density at radius 1 is 1.53 bits per heavy atom. The van der Waals surface area contributed by atoms with Gasteiger partial charge < -0.3 is 4.74 Å². The van der Waals surface area contributed by atoms with Gasteiger partial charge in [-0.15, -0.1) is 0 Å². The van der Waals surface area contributed by atoms with Gasteiger partial charge in [-0.05, 0) is 18.2 Å². The molecule has 1 unspecified atom stereocenters. The average Bonchev–Trinajstić information content (AvgIpc) is 2.41. The number of benzene rings is 1. The van der Waals surface area contributed by atoms with Gasteiger partial charge in [-0.2, -0.15) is 5.26 Å². The fraction of sp³-hybridized carbons (Fsp3) is 0.385. The summed E-state index contributed by atoms with van der Waals surface area (Å²) in [4.78, 5) is 13.6. The van der Waals surface area contributed by atoms with E-state index in [9.17, 15) is 13.6 Å². The predicted molar refractivity (Wildman–Crippen MR) is 62.5 cm³/mol. The van der Waals surface area contributed by atoms with Crippen molar-refractivity contribution >= 4 is 5.78 Å². The highest BCUT2D eigenvalue weighted by Gasteiger charge is 2.23. The lowest BCUT2D eigenvalue weighted by Gasteiger charge is -2.28. The Hall–Kier alpha value is -1.84. The van der Waals surface area contributed by atoms with Crippen molar-refractivity contribution in [1.29, 1.82) is 5.26 Å². The zero-order valence-electron chi connectivity index (χ0n) is 10.1. The smallest absolute Gasteiger partial charge is 0.179 e. The maximum Gasteiger partial charge on any atom is 0.179 e. The van der Waals surface area contributed by atoms with Gasteiger partial charge in [0.1, 0.15) is 11.6 Å². The molecule has 1 aliphatic rings. The minimum absolute atomic E-state index is 0.0537. The molecule has 1 saturated heterocycles. The van der Waals surface area contributed by atoms with Crippen molar-refractivity contribution in [2.24, 2.45) is 0 Å². The summed E-state index contributed by atoms with van der Waals surface area (Å²) < 4.78 is 31.6. The number of carbonyl (C=O) groups is 1. The first kappa shape index (κ1) is 13.6. The summed E-state index contributed by atoms with van der Waals surface area (Å²) in [5.41, 5.74) is -0.264. The van der Waals surface area contributed by atoms with Crippen LogP contribution in [-0.2, 0) is 4.74 Å². The Labute approximate surface area is 109 Å². The van der Waals surface area contributed by atoms with Crippen LogP contribution in [-0.4, -0.2) is 43.0 Å². The first-order valence-electron chi connectivity index (χ1n) is 5.82. The SMILES string of the molecule is N#CC1CN(CC(=O)c2cc(F)ccc2F)CCO1. The summed E-state index contributed by atoms with van der Waals surface area (Å²) in [6.07, 6.45) is -0.584. The molecule has 2 rings (SSSR count). The van der Waals surface area contributed by atoms with Crippen molar-refractivity contribution in [1.82, 2.24) is 4.90 Å². The number of halogens is 2. The molecule has 1 aromatic rings. The lowest BCUT2D eigenvalue weighted by atomic mass is 10.1. The molecule has 0 spiro atoms. The number of nitriles is 1. The van der Waals surface area contributed by atoms with Crippen molar-refractivity contribution in [3.8, 4) is 6.07 Å². The van der Waals surface area contributed by atoms with Gasteiger partial charge in [-0.3, -0.25) is 9.69 Å². The molecular formula is C13H12F2N2O2. The second-order valence-corrected chi connectivity index (χ2v) is 4.27. The van der Waals surface area contributed by atoms with Crippen LogP contribution >= 0.6 is 0 Å². The van der Waals surface area contributed by atoms with Crippen LogP contribution in [0.3, 0.4) is 0 Å². The lowest BCUT2D eigenvalue weighted by molar-refractivity contribution is 0.00236. The highest BCUT2D eigenvalue weighted by Crippen LogP contribution is 2.12. The molecule has 0 aliphatic carbocycles. The van der Waals surface area contributed by atoms with E-state index in [2.05, 4.69) is 0 Å². The fourth-order valence-electron chi connectivity index (χ4n) is 1.92. The number of hydrogen-bond acceptors (Lipinski definition) is 4. The Morgan fingerprint density at radius 3 is 3.05 bits per heavy atom. The summed E-state index contributed by atoms with van der Waals surface area (Å²) in [5, 5.41) is 8.74. The van der Waals surface area contributed by atoms with Gasteiger partial charge >= 0.3 is 0 Å². The summed E-state index contributed by atoms with van der Waals surface area (Å²) in [6, 6.07) is 4.74. The van der Waals surface area contributed by atoms with Gasteiger partial charge in [0.05, 0.1) is 24.8 Å². The van der Waals surface area contributed by atoms with Crippen LogP contribution in [0, 0.1) is 23.0 Å². The summed E-state index contributed by atoms with van der Waals surface area (Å²) in [5.74, 6) is -1.89. The second kappa shape index (κ2) is 5.87. The number of Topliss-reactive ketones (excluding diaryl/α,β-unsaturated/α-hetero) is 1. The number of carbonyl (C=O) groups excluding carboxylic acids is 1. The minimum Gasteiger partial charge on any atom is -0.361 e. The maximum absolute atomic E-state index is 13.4. The van der Waals surface area contributed by atoms with E-state index >= 15 is 0 Å². The van der Waals surface area contributed by atoms with Crippen LogP contribution in [0.25, 0.3) is 0 Å². The van der Waals surface area contributed by atoms with Gasteiger partial charge in [0, 0.05) is 13.1 Å². The quantitative estimate of drug-likeness (QED) is 0.775. The Balaban J connectivity index is 2.05. The zero-order chi connectivity index (χ0) is 13.8. The third-order valence-electron chi connectivity index (χ3n) is 2.89. The number of morpholine rings is 1. The molecule has 1 aromatic carbocycles. The molecule has 0 N–H and O–H groups in total. The number of ether oxygens (including phenoxy) is 1. The fourth-order valence-corrected chi connectivity index (χ4v) is 1.92. The van der Waals surface area contributed by atoms with Crippen molar-refractivity contribution < 1.29 is 18.3 Å². The Morgan fingerprint density at radius 2 is 2.32 bits per heavy atom. The molecule has 1 fully saturated rings. The van der Waals surface area contributed by atoms with Crippen LogP contribution < -0.4 is 0 Å². The van der Waals surface area contributed by atoms with Gasteiger partial charge in [0.25, 0.3) is 0 Å². The van der Waals surface area contributed by atoms with E-state index in [1.54, 1.807) is 4.90 Å². The lowest BCUT2D eigenvalue weighted by Crippen LogP contribution is -2.44. The highest BCUT2D eigenvalue weighted by molar-refractivity contribution is 5.97. The molecule has 4 nitrogen and oxygen atoms in total. The minimum atomic E-state index is -0.739. The van der Waals surface area contributed by atoms with Crippen LogP contribution in [0.15, 0.2) is 18.2 Å². The first-order valence-corrected chi connectivity index (χ1v) is 5.82. The molecule has 0 amide bonds. The van der Waals surface area contributed by atoms with E-state index in [-0.39, 0.29) is 12.1 Å². The molecule has 0 bridgehead atoms. The van der Waals surface area contributed by atoms with Crippen molar-refractivity contribution in [2.75, 3.05) is 26.2 Å². The van der Waals surface area contributed by atoms with Crippen LogP contribution in [0.5, 0.6) is 0 Å². The molecule has 1 aliphatic heterocycles. The van der Waals surface area contributed by atoms with E-state index in [0.717, 1.165) is 18.2 Å². The van der Waals surface area contributed by atoms with Gasteiger partial charge in [-0.1, -0.05) is 0 Å². The van der Waals surface area contributed by atoms with Crippen molar-refractivity contribution in [3.63, 3.8) is 0 Å². The third-order valence-corrected chi connectivity index (χ3v) is 2.89. The van der Waals surface area contributed by atoms with Gasteiger partial charge in [-0.25, -0.2) is 8.78 Å². The highest BCUT2D eigenvalue weighted by atomic mass is 19.1. The van der Waals surface area contributed by atoms with E-state index in [1.165, 1.54) is 0 Å². The van der Waals surface area contributed by atoms with Gasteiger partial charge in [0.2, 0.25) is 0 Å². The number of ketones is 1.